The number of fused-ring (bicyclic) bond motifs is 1. The predicted molar refractivity (Wildman–Crippen MR) is 85.3 cm³/mol. The SMILES string of the molecule is C[C@@H](NC(=O)c1ccc(Cl)cc1Cl)c1nnc2ccccn12. The van der Waals surface area contributed by atoms with Gasteiger partial charge in [-0.3, -0.25) is 9.20 Å². The van der Waals surface area contributed by atoms with Crippen molar-refractivity contribution in [1.82, 2.24) is 19.9 Å². The molecule has 1 aromatic carbocycles. The Hall–Kier alpha value is -2.11. The van der Waals surface area contributed by atoms with E-state index < -0.39 is 0 Å². The van der Waals surface area contributed by atoms with Crippen LogP contribution in [0, 0.1) is 0 Å². The highest BCUT2D eigenvalue weighted by molar-refractivity contribution is 6.36. The normalized spacial score (nSPS) is 12.3. The van der Waals surface area contributed by atoms with Gasteiger partial charge in [-0.15, -0.1) is 10.2 Å². The first-order valence-corrected chi connectivity index (χ1v) is 7.37. The van der Waals surface area contributed by atoms with Gasteiger partial charge >= 0.3 is 0 Å². The van der Waals surface area contributed by atoms with Gasteiger partial charge in [0.25, 0.3) is 5.91 Å². The second kappa shape index (κ2) is 5.94. The average Bonchev–Trinajstić information content (AvgIpc) is 2.91. The maximum atomic E-state index is 12.3. The van der Waals surface area contributed by atoms with Crippen molar-refractivity contribution in [2.24, 2.45) is 0 Å². The maximum Gasteiger partial charge on any atom is 0.253 e. The van der Waals surface area contributed by atoms with E-state index in [4.69, 9.17) is 23.2 Å². The third-order valence-corrected chi connectivity index (χ3v) is 3.80. The van der Waals surface area contributed by atoms with Gasteiger partial charge in [0, 0.05) is 11.2 Å². The number of nitrogens with one attached hydrogen (secondary N) is 1. The van der Waals surface area contributed by atoms with Crippen LogP contribution in [0.15, 0.2) is 42.6 Å². The van der Waals surface area contributed by atoms with Gasteiger partial charge in [0.2, 0.25) is 0 Å². The molecule has 1 amide bonds. The van der Waals surface area contributed by atoms with Gasteiger partial charge in [-0.2, -0.15) is 0 Å². The van der Waals surface area contributed by atoms with Crippen LogP contribution in [-0.4, -0.2) is 20.5 Å². The lowest BCUT2D eigenvalue weighted by Gasteiger charge is -2.13. The first-order chi connectivity index (χ1) is 10.6. The lowest BCUT2D eigenvalue weighted by molar-refractivity contribution is 0.0938. The number of aromatic nitrogens is 3. The fourth-order valence-corrected chi connectivity index (χ4v) is 2.66. The second-order valence-corrected chi connectivity index (χ2v) is 5.65. The molecule has 22 heavy (non-hydrogen) atoms. The van der Waals surface area contributed by atoms with Crippen LogP contribution in [0.25, 0.3) is 5.65 Å². The molecule has 0 aliphatic carbocycles. The summed E-state index contributed by atoms with van der Waals surface area (Å²) in [5.41, 5.74) is 1.09. The molecule has 7 heteroatoms. The molecule has 0 radical (unpaired) electrons. The number of carbonyl (C=O) groups excluding carboxylic acids is 1. The van der Waals surface area contributed by atoms with E-state index in [1.807, 2.05) is 35.7 Å². The number of carbonyl (C=O) groups is 1. The molecular formula is C15H12Cl2N4O. The Labute approximate surface area is 136 Å². The molecule has 0 aliphatic heterocycles. The van der Waals surface area contributed by atoms with E-state index in [9.17, 15) is 4.79 Å². The van der Waals surface area contributed by atoms with Crippen molar-refractivity contribution in [1.29, 1.82) is 0 Å². The molecule has 112 valence electrons. The van der Waals surface area contributed by atoms with E-state index in [0.29, 0.717) is 21.4 Å². The molecule has 0 fully saturated rings. The van der Waals surface area contributed by atoms with Gasteiger partial charge in [0.05, 0.1) is 16.6 Å². The highest BCUT2D eigenvalue weighted by atomic mass is 35.5. The Bertz CT molecular complexity index is 846. The Morgan fingerprint density at radius 2 is 2.05 bits per heavy atom. The predicted octanol–water partition coefficient (Wildman–Crippen LogP) is 3.53. The summed E-state index contributed by atoms with van der Waals surface area (Å²) in [5.74, 6) is 0.357. The van der Waals surface area contributed by atoms with Crippen molar-refractivity contribution in [3.8, 4) is 0 Å². The number of halogens is 2. The van der Waals surface area contributed by atoms with Crippen molar-refractivity contribution >= 4 is 34.8 Å². The fourth-order valence-electron chi connectivity index (χ4n) is 2.17. The summed E-state index contributed by atoms with van der Waals surface area (Å²) < 4.78 is 1.83. The molecule has 0 unspecified atom stereocenters. The summed E-state index contributed by atoms with van der Waals surface area (Å²) in [4.78, 5) is 12.3. The van der Waals surface area contributed by atoms with Crippen molar-refractivity contribution in [3.63, 3.8) is 0 Å². The van der Waals surface area contributed by atoms with E-state index in [0.717, 1.165) is 5.65 Å². The van der Waals surface area contributed by atoms with Crippen LogP contribution in [0.1, 0.15) is 29.1 Å². The largest absolute Gasteiger partial charge is 0.342 e. The molecule has 1 N–H and O–H groups in total. The number of nitrogens with zero attached hydrogens (tertiary/aromatic N) is 3. The number of hydrogen-bond donors (Lipinski definition) is 1. The number of amides is 1. The summed E-state index contributed by atoms with van der Waals surface area (Å²) in [6.45, 7) is 1.84. The molecule has 2 aromatic heterocycles. The molecule has 2 heterocycles. The summed E-state index contributed by atoms with van der Waals surface area (Å²) in [6.07, 6.45) is 1.85. The van der Waals surface area contributed by atoms with E-state index in [2.05, 4.69) is 15.5 Å². The molecule has 3 rings (SSSR count). The van der Waals surface area contributed by atoms with Crippen LogP contribution in [0.3, 0.4) is 0 Å². The van der Waals surface area contributed by atoms with Crippen LogP contribution in [0.4, 0.5) is 0 Å². The lowest BCUT2D eigenvalue weighted by atomic mass is 10.2. The van der Waals surface area contributed by atoms with Crippen LogP contribution >= 0.6 is 23.2 Å². The topological polar surface area (TPSA) is 59.3 Å². The molecule has 0 saturated carbocycles. The van der Waals surface area contributed by atoms with Crippen LogP contribution < -0.4 is 5.32 Å². The summed E-state index contributed by atoms with van der Waals surface area (Å²) in [6, 6.07) is 10.0. The van der Waals surface area contributed by atoms with Gasteiger partial charge < -0.3 is 5.32 Å². The van der Waals surface area contributed by atoms with Gasteiger partial charge in [-0.25, -0.2) is 0 Å². The molecular weight excluding hydrogens is 323 g/mol. The molecule has 3 aromatic rings. The Balaban J connectivity index is 1.84. The molecule has 0 saturated heterocycles. The van der Waals surface area contributed by atoms with Crippen LogP contribution in [0.5, 0.6) is 0 Å². The van der Waals surface area contributed by atoms with Crippen LogP contribution in [-0.2, 0) is 0 Å². The summed E-state index contributed by atoms with van der Waals surface area (Å²) in [5, 5.41) is 11.8. The first kappa shape index (κ1) is 14.8. The van der Waals surface area contributed by atoms with Gasteiger partial charge in [-0.1, -0.05) is 29.3 Å². The average molecular weight is 335 g/mol. The van der Waals surface area contributed by atoms with Gasteiger partial charge in [0.1, 0.15) is 0 Å². The number of rotatable bonds is 3. The summed E-state index contributed by atoms with van der Waals surface area (Å²) in [7, 11) is 0. The zero-order valence-electron chi connectivity index (χ0n) is 11.6. The quantitative estimate of drug-likeness (QED) is 0.797. The Morgan fingerprint density at radius 3 is 2.82 bits per heavy atom. The minimum absolute atomic E-state index is 0.290. The van der Waals surface area contributed by atoms with Gasteiger partial charge in [-0.05, 0) is 37.3 Å². The zero-order valence-corrected chi connectivity index (χ0v) is 13.1. The third kappa shape index (κ3) is 2.77. The standard InChI is InChI=1S/C15H12Cl2N4O/c1-9(14-20-19-13-4-2-3-7-21(13)14)18-15(22)11-6-5-10(16)8-12(11)17/h2-9H,1H3,(H,18,22)/t9-/m1/s1. The summed E-state index contributed by atoms with van der Waals surface area (Å²) >= 11 is 11.9. The van der Waals surface area contributed by atoms with Crippen LogP contribution in [0.2, 0.25) is 10.0 Å². The lowest BCUT2D eigenvalue weighted by Crippen LogP contribution is -2.28. The number of benzene rings is 1. The third-order valence-electron chi connectivity index (χ3n) is 3.25. The smallest absolute Gasteiger partial charge is 0.253 e. The molecule has 0 bridgehead atoms. The van der Waals surface area contributed by atoms with E-state index in [1.54, 1.807) is 12.1 Å². The van der Waals surface area contributed by atoms with E-state index in [-0.39, 0.29) is 11.9 Å². The van der Waals surface area contributed by atoms with Crippen molar-refractivity contribution in [3.05, 3.63) is 64.0 Å². The molecule has 5 nitrogen and oxygen atoms in total. The van der Waals surface area contributed by atoms with Crippen molar-refractivity contribution in [2.45, 2.75) is 13.0 Å². The second-order valence-electron chi connectivity index (χ2n) is 4.81. The Kier molecular flexibility index (Phi) is 4.00. The minimum Gasteiger partial charge on any atom is -0.342 e. The molecule has 0 spiro atoms. The van der Waals surface area contributed by atoms with Crippen molar-refractivity contribution < 1.29 is 4.79 Å². The first-order valence-electron chi connectivity index (χ1n) is 6.62. The highest BCUT2D eigenvalue weighted by Crippen LogP contribution is 2.22. The van der Waals surface area contributed by atoms with E-state index in [1.165, 1.54) is 6.07 Å². The highest BCUT2D eigenvalue weighted by Gasteiger charge is 2.18. The van der Waals surface area contributed by atoms with Gasteiger partial charge in [0.15, 0.2) is 11.5 Å². The monoisotopic (exact) mass is 334 g/mol. The molecule has 1 atom stereocenters. The number of pyridine rings is 1. The maximum absolute atomic E-state index is 12.3. The molecule has 0 aliphatic rings. The zero-order chi connectivity index (χ0) is 15.7. The Morgan fingerprint density at radius 1 is 1.23 bits per heavy atom. The fraction of sp³-hybridized carbons (Fsp3) is 0.133. The number of hydrogen-bond acceptors (Lipinski definition) is 3. The van der Waals surface area contributed by atoms with E-state index >= 15 is 0 Å². The minimum atomic E-state index is -0.323. The van der Waals surface area contributed by atoms with Crippen molar-refractivity contribution in [2.75, 3.05) is 0 Å².